The van der Waals surface area contributed by atoms with Crippen LogP contribution in [0, 0.1) is 5.82 Å². The van der Waals surface area contributed by atoms with E-state index in [1.165, 1.54) is 7.11 Å². The van der Waals surface area contributed by atoms with E-state index in [0.717, 1.165) is 31.5 Å². The van der Waals surface area contributed by atoms with Gasteiger partial charge in [0.1, 0.15) is 0 Å². The minimum absolute atomic E-state index is 0.200. The van der Waals surface area contributed by atoms with Gasteiger partial charge in [-0.1, -0.05) is 12.1 Å². The molecule has 1 aliphatic rings. The number of ether oxygens (including phenoxy) is 1. The number of methoxy groups -OCH3 is 1. The third-order valence-corrected chi connectivity index (χ3v) is 2.95. The molecule has 15 heavy (non-hydrogen) atoms. The normalized spacial score (nSPS) is 21.3. The number of rotatable bonds is 2. The second-order valence-corrected chi connectivity index (χ2v) is 3.91. The van der Waals surface area contributed by atoms with E-state index in [-0.39, 0.29) is 11.7 Å². The Hall–Kier alpha value is -1.09. The number of halogens is 1. The standard InChI is InChI=1S/C12H16FNO/c1-15-11-6-2-5-10(12(11)13)9-4-3-7-14-8-9/h2,5-6,9,14H,3-4,7-8H2,1H3/t9-/m1/s1. The highest BCUT2D eigenvalue weighted by molar-refractivity contribution is 5.33. The second kappa shape index (κ2) is 4.62. The SMILES string of the molecule is COc1cccc([C@@H]2CCCNC2)c1F. The zero-order valence-electron chi connectivity index (χ0n) is 8.92. The Kier molecular flexibility index (Phi) is 3.21. The summed E-state index contributed by atoms with van der Waals surface area (Å²) >= 11 is 0. The molecule has 0 saturated carbocycles. The van der Waals surface area contributed by atoms with Gasteiger partial charge in [0, 0.05) is 6.54 Å². The topological polar surface area (TPSA) is 21.3 Å². The van der Waals surface area contributed by atoms with Crippen LogP contribution in [0.3, 0.4) is 0 Å². The van der Waals surface area contributed by atoms with E-state index in [0.29, 0.717) is 5.75 Å². The summed E-state index contributed by atoms with van der Waals surface area (Å²) in [7, 11) is 1.50. The first-order valence-electron chi connectivity index (χ1n) is 5.36. The second-order valence-electron chi connectivity index (χ2n) is 3.91. The van der Waals surface area contributed by atoms with Crippen molar-refractivity contribution in [2.45, 2.75) is 18.8 Å². The lowest BCUT2D eigenvalue weighted by atomic mass is 9.91. The molecule has 1 heterocycles. The first-order valence-corrected chi connectivity index (χ1v) is 5.36. The van der Waals surface area contributed by atoms with Gasteiger partial charge in [-0.3, -0.25) is 0 Å². The highest BCUT2D eigenvalue weighted by Crippen LogP contribution is 2.29. The van der Waals surface area contributed by atoms with E-state index in [2.05, 4.69) is 5.32 Å². The van der Waals surface area contributed by atoms with Crippen LogP contribution in [-0.4, -0.2) is 20.2 Å². The Morgan fingerprint density at radius 3 is 3.00 bits per heavy atom. The third kappa shape index (κ3) is 2.12. The highest BCUT2D eigenvalue weighted by atomic mass is 19.1. The van der Waals surface area contributed by atoms with E-state index in [1.54, 1.807) is 6.07 Å². The summed E-state index contributed by atoms with van der Waals surface area (Å²) in [6.07, 6.45) is 2.17. The van der Waals surface area contributed by atoms with Crippen molar-refractivity contribution in [3.05, 3.63) is 29.6 Å². The Morgan fingerprint density at radius 2 is 2.33 bits per heavy atom. The highest BCUT2D eigenvalue weighted by Gasteiger charge is 2.20. The van der Waals surface area contributed by atoms with Gasteiger partial charge in [-0.05, 0) is 36.9 Å². The Balaban J connectivity index is 2.26. The molecule has 1 N–H and O–H groups in total. The van der Waals surface area contributed by atoms with Gasteiger partial charge in [-0.15, -0.1) is 0 Å². The predicted molar refractivity (Wildman–Crippen MR) is 57.8 cm³/mol. The van der Waals surface area contributed by atoms with Crippen LogP contribution in [0.2, 0.25) is 0 Å². The summed E-state index contributed by atoms with van der Waals surface area (Å²) in [5, 5.41) is 3.29. The molecule has 1 fully saturated rings. The molecule has 0 aliphatic carbocycles. The van der Waals surface area contributed by atoms with Gasteiger partial charge in [0.05, 0.1) is 7.11 Å². The third-order valence-electron chi connectivity index (χ3n) is 2.95. The lowest BCUT2D eigenvalue weighted by Gasteiger charge is -2.23. The van der Waals surface area contributed by atoms with Gasteiger partial charge in [0.15, 0.2) is 11.6 Å². The van der Waals surface area contributed by atoms with Crippen molar-refractivity contribution in [3.63, 3.8) is 0 Å². The van der Waals surface area contributed by atoms with Gasteiger partial charge < -0.3 is 10.1 Å². The molecule has 1 atom stereocenters. The van der Waals surface area contributed by atoms with Crippen molar-refractivity contribution < 1.29 is 9.13 Å². The minimum Gasteiger partial charge on any atom is -0.494 e. The number of hydrogen-bond donors (Lipinski definition) is 1. The summed E-state index contributed by atoms with van der Waals surface area (Å²) in [6, 6.07) is 5.37. The fraction of sp³-hybridized carbons (Fsp3) is 0.500. The number of nitrogens with one attached hydrogen (secondary N) is 1. The van der Waals surface area contributed by atoms with Crippen LogP contribution in [0.25, 0.3) is 0 Å². The summed E-state index contributed by atoms with van der Waals surface area (Å²) in [5.74, 6) is 0.431. The van der Waals surface area contributed by atoms with Crippen molar-refractivity contribution in [1.29, 1.82) is 0 Å². The van der Waals surface area contributed by atoms with E-state index < -0.39 is 0 Å². The van der Waals surface area contributed by atoms with Crippen molar-refractivity contribution in [1.82, 2.24) is 5.32 Å². The van der Waals surface area contributed by atoms with Crippen LogP contribution in [0.15, 0.2) is 18.2 Å². The van der Waals surface area contributed by atoms with E-state index in [9.17, 15) is 4.39 Å². The molecular weight excluding hydrogens is 193 g/mol. The lowest BCUT2D eigenvalue weighted by Crippen LogP contribution is -2.28. The zero-order chi connectivity index (χ0) is 10.7. The number of hydrogen-bond acceptors (Lipinski definition) is 2. The predicted octanol–water partition coefficient (Wildman–Crippen LogP) is 2.30. The maximum Gasteiger partial charge on any atom is 0.168 e. The zero-order valence-corrected chi connectivity index (χ0v) is 8.92. The molecule has 0 aromatic heterocycles. The van der Waals surface area contributed by atoms with Crippen LogP contribution in [0.5, 0.6) is 5.75 Å². The smallest absolute Gasteiger partial charge is 0.168 e. The molecular formula is C12H16FNO. The number of benzene rings is 1. The van der Waals surface area contributed by atoms with Gasteiger partial charge in [0.2, 0.25) is 0 Å². The molecule has 0 unspecified atom stereocenters. The average Bonchev–Trinajstić information content (AvgIpc) is 2.30. The Labute approximate surface area is 89.4 Å². The minimum atomic E-state index is -0.200. The lowest BCUT2D eigenvalue weighted by molar-refractivity contribution is 0.376. The van der Waals surface area contributed by atoms with E-state index >= 15 is 0 Å². The Morgan fingerprint density at radius 1 is 1.47 bits per heavy atom. The summed E-state index contributed by atoms with van der Waals surface area (Å²) in [5.41, 5.74) is 0.779. The molecule has 0 bridgehead atoms. The fourth-order valence-corrected chi connectivity index (χ4v) is 2.12. The molecule has 0 spiro atoms. The Bertz CT molecular complexity index is 334. The van der Waals surface area contributed by atoms with Gasteiger partial charge in [0.25, 0.3) is 0 Å². The van der Waals surface area contributed by atoms with Gasteiger partial charge >= 0.3 is 0 Å². The van der Waals surface area contributed by atoms with Crippen molar-refractivity contribution in [3.8, 4) is 5.75 Å². The molecule has 3 heteroatoms. The van der Waals surface area contributed by atoms with Crippen molar-refractivity contribution in [2.24, 2.45) is 0 Å². The monoisotopic (exact) mass is 209 g/mol. The van der Waals surface area contributed by atoms with Crippen LogP contribution in [0.1, 0.15) is 24.3 Å². The van der Waals surface area contributed by atoms with Crippen molar-refractivity contribution in [2.75, 3.05) is 20.2 Å². The summed E-state index contributed by atoms with van der Waals surface area (Å²) in [4.78, 5) is 0. The summed E-state index contributed by atoms with van der Waals surface area (Å²) < 4.78 is 18.9. The van der Waals surface area contributed by atoms with Gasteiger partial charge in [-0.2, -0.15) is 0 Å². The molecule has 1 saturated heterocycles. The first-order chi connectivity index (χ1) is 7.33. The largest absolute Gasteiger partial charge is 0.494 e. The average molecular weight is 209 g/mol. The quantitative estimate of drug-likeness (QED) is 0.807. The summed E-state index contributed by atoms with van der Waals surface area (Å²) in [6.45, 7) is 1.91. The molecule has 82 valence electrons. The molecule has 1 aromatic carbocycles. The maximum atomic E-state index is 13.9. The first kappa shape index (κ1) is 10.4. The molecule has 2 rings (SSSR count). The van der Waals surface area contributed by atoms with Crippen LogP contribution >= 0.6 is 0 Å². The van der Waals surface area contributed by atoms with E-state index in [4.69, 9.17) is 4.74 Å². The number of piperidine rings is 1. The van der Waals surface area contributed by atoms with Crippen molar-refractivity contribution >= 4 is 0 Å². The molecule has 1 aromatic rings. The molecule has 0 radical (unpaired) electrons. The van der Waals surface area contributed by atoms with Crippen LogP contribution in [-0.2, 0) is 0 Å². The van der Waals surface area contributed by atoms with Crippen LogP contribution in [0.4, 0.5) is 4.39 Å². The van der Waals surface area contributed by atoms with E-state index in [1.807, 2.05) is 12.1 Å². The molecule has 0 amide bonds. The molecule has 2 nitrogen and oxygen atoms in total. The fourth-order valence-electron chi connectivity index (χ4n) is 2.12. The molecule has 1 aliphatic heterocycles. The maximum absolute atomic E-state index is 13.9. The van der Waals surface area contributed by atoms with Crippen LogP contribution < -0.4 is 10.1 Å². The van der Waals surface area contributed by atoms with Gasteiger partial charge in [-0.25, -0.2) is 4.39 Å².